The van der Waals surface area contributed by atoms with Crippen LogP contribution in [0.2, 0.25) is 0 Å². The van der Waals surface area contributed by atoms with Gasteiger partial charge in [-0.2, -0.15) is 0 Å². The Labute approximate surface area is 150 Å². The maximum atomic E-state index is 12.5. The fraction of sp³-hybridized carbons (Fsp3) is 0.381. The quantitative estimate of drug-likeness (QED) is 0.835. The predicted octanol–water partition coefficient (Wildman–Crippen LogP) is 3.73. The van der Waals surface area contributed by atoms with Gasteiger partial charge in [-0.15, -0.1) is 0 Å². The number of carbonyl (C=O) groups excluding carboxylic acids is 1. The molecule has 0 fully saturated rings. The smallest absolute Gasteiger partial charge is 0.225 e. The molecule has 0 spiro atoms. The number of ether oxygens (including phenoxy) is 1. The number of hydrogen-bond donors (Lipinski definition) is 1. The molecular formula is C21H27NO3. The van der Waals surface area contributed by atoms with E-state index in [2.05, 4.69) is 0 Å². The predicted molar refractivity (Wildman–Crippen MR) is 99.3 cm³/mol. The number of carbonyl (C=O) groups is 1. The number of hydrogen-bond acceptors (Lipinski definition) is 3. The highest BCUT2D eigenvalue weighted by molar-refractivity contribution is 5.77. The molecule has 0 aliphatic heterocycles. The van der Waals surface area contributed by atoms with Gasteiger partial charge in [0.2, 0.25) is 5.91 Å². The molecule has 0 aliphatic carbocycles. The average molecular weight is 341 g/mol. The van der Waals surface area contributed by atoms with Crippen LogP contribution in [0.5, 0.6) is 5.75 Å². The van der Waals surface area contributed by atoms with Crippen LogP contribution in [0.25, 0.3) is 0 Å². The third kappa shape index (κ3) is 5.61. The van der Waals surface area contributed by atoms with Gasteiger partial charge in [-0.1, -0.05) is 42.5 Å². The maximum Gasteiger partial charge on any atom is 0.225 e. The number of rotatable bonds is 7. The maximum absolute atomic E-state index is 12.5. The molecule has 4 nitrogen and oxygen atoms in total. The molecule has 1 N–H and O–H groups in total. The average Bonchev–Trinajstić information content (AvgIpc) is 2.55. The van der Waals surface area contributed by atoms with E-state index < -0.39 is 5.60 Å². The molecule has 2 rings (SSSR count). The van der Waals surface area contributed by atoms with Crippen LogP contribution in [0.15, 0.2) is 54.6 Å². The van der Waals surface area contributed by atoms with E-state index in [-0.39, 0.29) is 18.4 Å². The Hall–Kier alpha value is -2.33. The first-order chi connectivity index (χ1) is 11.8. The van der Waals surface area contributed by atoms with Gasteiger partial charge in [0.25, 0.3) is 0 Å². The lowest BCUT2D eigenvalue weighted by Crippen LogP contribution is -2.34. The topological polar surface area (TPSA) is 49.8 Å². The van der Waals surface area contributed by atoms with Crippen molar-refractivity contribution in [1.82, 2.24) is 4.90 Å². The number of benzene rings is 2. The van der Waals surface area contributed by atoms with Crippen LogP contribution in [0, 0.1) is 0 Å². The van der Waals surface area contributed by atoms with Crippen LogP contribution in [0.3, 0.4) is 0 Å². The summed E-state index contributed by atoms with van der Waals surface area (Å²) in [5.74, 6) is 0.689. The fourth-order valence-corrected chi connectivity index (χ4v) is 2.68. The minimum absolute atomic E-state index is 0.0374. The van der Waals surface area contributed by atoms with E-state index in [1.165, 1.54) is 0 Å². The SMILES string of the molecule is CC(C)Oc1cccc(CN(C)C(=O)CC(C)(O)c2ccccc2)c1. The molecule has 134 valence electrons. The van der Waals surface area contributed by atoms with Crippen molar-refractivity contribution >= 4 is 5.91 Å². The molecule has 0 saturated heterocycles. The van der Waals surface area contributed by atoms with Crippen LogP contribution in [-0.2, 0) is 16.9 Å². The van der Waals surface area contributed by atoms with Crippen molar-refractivity contribution in [3.63, 3.8) is 0 Å². The molecule has 25 heavy (non-hydrogen) atoms. The molecule has 1 amide bonds. The second-order valence-electron chi connectivity index (χ2n) is 6.88. The molecular weight excluding hydrogens is 314 g/mol. The lowest BCUT2D eigenvalue weighted by atomic mass is 9.92. The van der Waals surface area contributed by atoms with Gasteiger partial charge in [-0.3, -0.25) is 4.79 Å². The third-order valence-corrected chi connectivity index (χ3v) is 4.01. The minimum atomic E-state index is -1.19. The summed E-state index contributed by atoms with van der Waals surface area (Å²) in [4.78, 5) is 14.2. The molecule has 0 bridgehead atoms. The molecule has 0 radical (unpaired) electrons. The van der Waals surface area contributed by atoms with E-state index in [9.17, 15) is 9.90 Å². The highest BCUT2D eigenvalue weighted by atomic mass is 16.5. The van der Waals surface area contributed by atoms with Gasteiger partial charge in [0, 0.05) is 13.6 Å². The van der Waals surface area contributed by atoms with Crippen molar-refractivity contribution in [2.75, 3.05) is 7.05 Å². The molecule has 1 atom stereocenters. The standard InChI is InChI=1S/C21H27NO3/c1-16(2)25-19-12-8-9-17(13-19)15-22(4)20(23)14-21(3,24)18-10-6-5-7-11-18/h5-13,16,24H,14-15H2,1-4H3. The molecule has 1 unspecified atom stereocenters. The van der Waals surface area contributed by atoms with Gasteiger partial charge < -0.3 is 14.7 Å². The Kier molecular flexibility index (Phi) is 6.21. The molecule has 0 saturated carbocycles. The van der Waals surface area contributed by atoms with Crippen molar-refractivity contribution in [2.45, 2.75) is 45.4 Å². The summed E-state index contributed by atoms with van der Waals surface area (Å²) in [6.07, 6.45) is 0.144. The molecule has 2 aromatic carbocycles. The third-order valence-electron chi connectivity index (χ3n) is 4.01. The van der Waals surface area contributed by atoms with Gasteiger partial charge >= 0.3 is 0 Å². The van der Waals surface area contributed by atoms with Gasteiger partial charge in [0.05, 0.1) is 18.1 Å². The van der Waals surface area contributed by atoms with Crippen molar-refractivity contribution in [1.29, 1.82) is 0 Å². The lowest BCUT2D eigenvalue weighted by Gasteiger charge is -2.26. The van der Waals surface area contributed by atoms with E-state index in [1.54, 1.807) is 18.9 Å². The zero-order valence-corrected chi connectivity index (χ0v) is 15.4. The summed E-state index contributed by atoms with van der Waals surface area (Å²) in [5.41, 5.74) is 0.548. The molecule has 0 aliphatic rings. The summed E-state index contributed by atoms with van der Waals surface area (Å²) in [5, 5.41) is 10.6. The van der Waals surface area contributed by atoms with Crippen molar-refractivity contribution in [3.05, 3.63) is 65.7 Å². The first-order valence-electron chi connectivity index (χ1n) is 8.55. The van der Waals surface area contributed by atoms with Gasteiger partial charge in [-0.25, -0.2) is 0 Å². The largest absolute Gasteiger partial charge is 0.491 e. The van der Waals surface area contributed by atoms with Crippen LogP contribution < -0.4 is 4.74 Å². The lowest BCUT2D eigenvalue weighted by molar-refractivity contribution is -0.135. The first kappa shape index (κ1) is 19.0. The zero-order valence-electron chi connectivity index (χ0n) is 15.4. The second-order valence-corrected chi connectivity index (χ2v) is 6.88. The van der Waals surface area contributed by atoms with Gasteiger partial charge in [-0.05, 0) is 44.0 Å². The van der Waals surface area contributed by atoms with Gasteiger partial charge in [0.15, 0.2) is 0 Å². The summed E-state index contributed by atoms with van der Waals surface area (Å²) in [7, 11) is 1.75. The Morgan fingerprint density at radius 2 is 1.84 bits per heavy atom. The Morgan fingerprint density at radius 1 is 1.16 bits per heavy atom. The highest BCUT2D eigenvalue weighted by Gasteiger charge is 2.28. The van der Waals surface area contributed by atoms with Crippen molar-refractivity contribution in [2.24, 2.45) is 0 Å². The summed E-state index contributed by atoms with van der Waals surface area (Å²) in [6, 6.07) is 17.0. The monoisotopic (exact) mass is 341 g/mol. The van der Waals surface area contributed by atoms with E-state index in [1.807, 2.05) is 68.4 Å². The summed E-state index contributed by atoms with van der Waals surface area (Å²) in [6.45, 7) is 6.10. The number of aliphatic hydroxyl groups is 1. The molecule has 4 heteroatoms. The van der Waals surface area contributed by atoms with Crippen LogP contribution in [-0.4, -0.2) is 29.1 Å². The van der Waals surface area contributed by atoms with E-state index >= 15 is 0 Å². The number of nitrogens with zero attached hydrogens (tertiary/aromatic N) is 1. The van der Waals surface area contributed by atoms with Crippen molar-refractivity contribution < 1.29 is 14.6 Å². The molecule has 0 aromatic heterocycles. The Balaban J connectivity index is 2.01. The van der Waals surface area contributed by atoms with Crippen LogP contribution >= 0.6 is 0 Å². The molecule has 0 heterocycles. The Morgan fingerprint density at radius 3 is 2.48 bits per heavy atom. The molecule has 2 aromatic rings. The Bertz CT molecular complexity index is 695. The normalized spacial score (nSPS) is 13.4. The van der Waals surface area contributed by atoms with Crippen LogP contribution in [0.1, 0.15) is 38.3 Å². The van der Waals surface area contributed by atoms with E-state index in [0.717, 1.165) is 16.9 Å². The summed E-state index contributed by atoms with van der Waals surface area (Å²) >= 11 is 0. The highest BCUT2D eigenvalue weighted by Crippen LogP contribution is 2.25. The second kappa shape index (κ2) is 8.17. The summed E-state index contributed by atoms with van der Waals surface area (Å²) < 4.78 is 5.69. The minimum Gasteiger partial charge on any atom is -0.491 e. The van der Waals surface area contributed by atoms with E-state index in [0.29, 0.717) is 6.54 Å². The van der Waals surface area contributed by atoms with Gasteiger partial charge in [0.1, 0.15) is 5.75 Å². The van der Waals surface area contributed by atoms with Crippen LogP contribution in [0.4, 0.5) is 0 Å². The zero-order chi connectivity index (χ0) is 18.4. The number of amides is 1. The van der Waals surface area contributed by atoms with E-state index in [4.69, 9.17) is 4.74 Å². The first-order valence-corrected chi connectivity index (χ1v) is 8.55. The van der Waals surface area contributed by atoms with Crippen molar-refractivity contribution in [3.8, 4) is 5.75 Å². The fourth-order valence-electron chi connectivity index (χ4n) is 2.68.